The molecule has 0 bridgehead atoms. The molecule has 1 heterocycles. The minimum Gasteiger partial charge on any atom is -0.491 e. The fourth-order valence-corrected chi connectivity index (χ4v) is 3.26. The SMILES string of the molecule is OC(COc1cccc(C(F)(F)F)c1)C1CCSC1. The van der Waals surface area contributed by atoms with Gasteiger partial charge in [-0.2, -0.15) is 24.9 Å². The second kappa shape index (κ2) is 6.05. The third-order valence-corrected chi connectivity index (χ3v) is 4.28. The first kappa shape index (κ1) is 14.5. The molecule has 0 amide bonds. The van der Waals surface area contributed by atoms with Crippen molar-refractivity contribution in [3.8, 4) is 5.75 Å². The van der Waals surface area contributed by atoms with Crippen molar-refractivity contribution in [1.82, 2.24) is 0 Å². The Morgan fingerprint density at radius 2 is 2.21 bits per heavy atom. The Kier molecular flexibility index (Phi) is 4.62. The van der Waals surface area contributed by atoms with Crippen LogP contribution in [0, 0.1) is 5.92 Å². The summed E-state index contributed by atoms with van der Waals surface area (Å²) in [6.07, 6.45) is -4.07. The highest BCUT2D eigenvalue weighted by Gasteiger charge is 2.30. The Bertz CT molecular complexity index is 417. The van der Waals surface area contributed by atoms with Gasteiger partial charge in [0.25, 0.3) is 0 Å². The van der Waals surface area contributed by atoms with Crippen LogP contribution >= 0.6 is 11.8 Å². The number of aliphatic hydroxyl groups is 1. The Morgan fingerprint density at radius 1 is 1.42 bits per heavy atom. The third-order valence-electron chi connectivity index (χ3n) is 3.09. The molecule has 2 unspecified atom stereocenters. The number of hydrogen-bond donors (Lipinski definition) is 1. The van der Waals surface area contributed by atoms with E-state index in [1.165, 1.54) is 12.1 Å². The number of benzene rings is 1. The summed E-state index contributed by atoms with van der Waals surface area (Å²) < 4.78 is 42.8. The van der Waals surface area contributed by atoms with Gasteiger partial charge in [0.2, 0.25) is 0 Å². The molecule has 6 heteroatoms. The molecule has 1 saturated heterocycles. The maximum Gasteiger partial charge on any atom is 0.416 e. The van der Waals surface area contributed by atoms with E-state index in [-0.39, 0.29) is 18.3 Å². The van der Waals surface area contributed by atoms with Crippen LogP contribution in [-0.4, -0.2) is 29.3 Å². The third kappa shape index (κ3) is 4.04. The Labute approximate surface area is 114 Å². The lowest BCUT2D eigenvalue weighted by molar-refractivity contribution is -0.137. The molecule has 1 N–H and O–H groups in total. The van der Waals surface area contributed by atoms with E-state index < -0.39 is 17.8 Å². The van der Waals surface area contributed by atoms with Gasteiger partial charge in [-0.05, 0) is 42.0 Å². The molecule has 0 aliphatic carbocycles. The molecule has 0 radical (unpaired) electrons. The highest BCUT2D eigenvalue weighted by molar-refractivity contribution is 7.99. The summed E-state index contributed by atoms with van der Waals surface area (Å²) >= 11 is 1.77. The van der Waals surface area contributed by atoms with Crippen molar-refractivity contribution < 1.29 is 23.0 Å². The molecule has 1 aliphatic heterocycles. The van der Waals surface area contributed by atoms with Crippen LogP contribution < -0.4 is 4.74 Å². The first-order valence-electron chi connectivity index (χ1n) is 6.02. The zero-order valence-electron chi connectivity index (χ0n) is 10.2. The Hall–Kier alpha value is -0.880. The van der Waals surface area contributed by atoms with E-state index in [4.69, 9.17) is 4.74 Å². The minimum absolute atomic E-state index is 0.0343. The first-order chi connectivity index (χ1) is 8.97. The van der Waals surface area contributed by atoms with Gasteiger partial charge in [-0.3, -0.25) is 0 Å². The highest BCUT2D eigenvalue weighted by Crippen LogP contribution is 2.31. The summed E-state index contributed by atoms with van der Waals surface area (Å²) in [5.74, 6) is 2.22. The number of aliphatic hydroxyl groups excluding tert-OH is 1. The number of ether oxygens (including phenoxy) is 1. The predicted molar refractivity (Wildman–Crippen MR) is 68.4 cm³/mol. The maximum absolute atomic E-state index is 12.5. The van der Waals surface area contributed by atoms with Crippen molar-refractivity contribution in [3.05, 3.63) is 29.8 Å². The molecule has 2 atom stereocenters. The summed E-state index contributed by atoms with van der Waals surface area (Å²) in [7, 11) is 0. The lowest BCUT2D eigenvalue weighted by atomic mass is 10.0. The van der Waals surface area contributed by atoms with E-state index in [0.29, 0.717) is 0 Å². The topological polar surface area (TPSA) is 29.5 Å². The molecule has 0 saturated carbocycles. The average Bonchev–Trinajstić information content (AvgIpc) is 2.89. The monoisotopic (exact) mass is 292 g/mol. The first-order valence-corrected chi connectivity index (χ1v) is 7.18. The molecule has 106 valence electrons. The minimum atomic E-state index is -4.37. The normalized spacial score (nSPS) is 21.4. The molecule has 19 heavy (non-hydrogen) atoms. The molecule has 0 spiro atoms. The smallest absolute Gasteiger partial charge is 0.416 e. The maximum atomic E-state index is 12.5. The van der Waals surface area contributed by atoms with Gasteiger partial charge in [-0.25, -0.2) is 0 Å². The molecule has 1 fully saturated rings. The van der Waals surface area contributed by atoms with Crippen molar-refractivity contribution >= 4 is 11.8 Å². The number of halogens is 3. The van der Waals surface area contributed by atoms with Gasteiger partial charge in [0.05, 0.1) is 11.7 Å². The van der Waals surface area contributed by atoms with Gasteiger partial charge in [0.1, 0.15) is 12.4 Å². The Morgan fingerprint density at radius 3 is 2.84 bits per heavy atom. The summed E-state index contributed by atoms with van der Waals surface area (Å²) in [6, 6.07) is 4.72. The van der Waals surface area contributed by atoms with Gasteiger partial charge >= 0.3 is 6.18 Å². The summed E-state index contributed by atoms with van der Waals surface area (Å²) in [5, 5.41) is 9.88. The van der Waals surface area contributed by atoms with Crippen LogP contribution in [-0.2, 0) is 6.18 Å². The zero-order valence-corrected chi connectivity index (χ0v) is 11.0. The van der Waals surface area contributed by atoms with Crippen LogP contribution in [0.3, 0.4) is 0 Å². The molecular formula is C13H15F3O2S. The highest BCUT2D eigenvalue weighted by atomic mass is 32.2. The second-order valence-electron chi connectivity index (χ2n) is 4.53. The van der Waals surface area contributed by atoms with Crippen LogP contribution in [0.15, 0.2) is 24.3 Å². The van der Waals surface area contributed by atoms with E-state index in [9.17, 15) is 18.3 Å². The number of hydrogen-bond acceptors (Lipinski definition) is 3. The zero-order chi connectivity index (χ0) is 13.9. The second-order valence-corrected chi connectivity index (χ2v) is 5.68. The van der Waals surface area contributed by atoms with Crippen LogP contribution in [0.2, 0.25) is 0 Å². The molecular weight excluding hydrogens is 277 g/mol. The van der Waals surface area contributed by atoms with Crippen LogP contribution in [0.25, 0.3) is 0 Å². The number of alkyl halides is 3. The lowest BCUT2D eigenvalue weighted by Crippen LogP contribution is -2.27. The van der Waals surface area contributed by atoms with E-state index in [0.717, 1.165) is 30.1 Å². The molecule has 2 nitrogen and oxygen atoms in total. The fourth-order valence-electron chi connectivity index (χ4n) is 1.94. The fraction of sp³-hybridized carbons (Fsp3) is 0.538. The van der Waals surface area contributed by atoms with Crippen molar-refractivity contribution in [2.24, 2.45) is 5.92 Å². The van der Waals surface area contributed by atoms with Crippen molar-refractivity contribution in [2.75, 3.05) is 18.1 Å². The largest absolute Gasteiger partial charge is 0.491 e. The van der Waals surface area contributed by atoms with E-state index >= 15 is 0 Å². The van der Waals surface area contributed by atoms with E-state index in [2.05, 4.69) is 0 Å². The summed E-state index contributed by atoms with van der Waals surface area (Å²) in [6.45, 7) is 0.0343. The van der Waals surface area contributed by atoms with Gasteiger partial charge < -0.3 is 9.84 Å². The molecule has 0 aromatic heterocycles. The van der Waals surface area contributed by atoms with Crippen molar-refractivity contribution in [3.63, 3.8) is 0 Å². The van der Waals surface area contributed by atoms with Gasteiger partial charge in [0.15, 0.2) is 0 Å². The van der Waals surface area contributed by atoms with Crippen LogP contribution in [0.5, 0.6) is 5.75 Å². The summed E-state index contributed by atoms with van der Waals surface area (Å²) in [5.41, 5.74) is -0.740. The molecule has 1 aromatic carbocycles. The summed E-state index contributed by atoms with van der Waals surface area (Å²) in [4.78, 5) is 0. The van der Waals surface area contributed by atoms with Gasteiger partial charge in [0, 0.05) is 0 Å². The van der Waals surface area contributed by atoms with Crippen molar-refractivity contribution in [2.45, 2.75) is 18.7 Å². The predicted octanol–water partition coefficient (Wildman–Crippen LogP) is 3.20. The molecule has 2 rings (SSSR count). The lowest BCUT2D eigenvalue weighted by Gasteiger charge is -2.18. The standard InChI is InChI=1S/C13H15F3O2S/c14-13(15,16)10-2-1-3-11(6-10)18-7-12(17)9-4-5-19-8-9/h1-3,6,9,12,17H,4-5,7-8H2. The van der Waals surface area contributed by atoms with Crippen LogP contribution in [0.1, 0.15) is 12.0 Å². The number of thioether (sulfide) groups is 1. The van der Waals surface area contributed by atoms with E-state index in [1.807, 2.05) is 0 Å². The average molecular weight is 292 g/mol. The number of rotatable bonds is 4. The van der Waals surface area contributed by atoms with Crippen LogP contribution in [0.4, 0.5) is 13.2 Å². The van der Waals surface area contributed by atoms with Gasteiger partial charge in [-0.15, -0.1) is 0 Å². The molecule has 1 aliphatic rings. The quantitative estimate of drug-likeness (QED) is 0.924. The molecule has 1 aromatic rings. The Balaban J connectivity index is 1.92. The van der Waals surface area contributed by atoms with E-state index in [1.54, 1.807) is 11.8 Å². The van der Waals surface area contributed by atoms with Gasteiger partial charge in [-0.1, -0.05) is 6.07 Å². The van der Waals surface area contributed by atoms with Crippen molar-refractivity contribution in [1.29, 1.82) is 0 Å².